The SMILES string of the molecule is CCCCCCC(C)c1ccc2cc(O)ccc2c1C(=O)O. The summed E-state index contributed by atoms with van der Waals surface area (Å²) in [5, 5.41) is 20.6. The van der Waals surface area contributed by atoms with Gasteiger partial charge in [-0.1, -0.05) is 51.7 Å². The highest BCUT2D eigenvalue weighted by Gasteiger charge is 2.18. The Hall–Kier alpha value is -2.03. The monoisotopic (exact) mass is 300 g/mol. The molecule has 0 fully saturated rings. The van der Waals surface area contributed by atoms with E-state index in [-0.39, 0.29) is 11.7 Å². The normalized spacial score (nSPS) is 12.5. The van der Waals surface area contributed by atoms with E-state index in [0.717, 1.165) is 23.8 Å². The van der Waals surface area contributed by atoms with Crippen molar-refractivity contribution in [2.45, 2.75) is 51.9 Å². The van der Waals surface area contributed by atoms with E-state index in [4.69, 9.17) is 0 Å². The molecule has 2 aromatic rings. The molecule has 0 radical (unpaired) electrons. The van der Waals surface area contributed by atoms with E-state index in [2.05, 4.69) is 13.8 Å². The molecule has 0 amide bonds. The minimum absolute atomic E-state index is 0.157. The molecule has 3 heteroatoms. The number of benzene rings is 2. The van der Waals surface area contributed by atoms with Gasteiger partial charge in [0, 0.05) is 0 Å². The van der Waals surface area contributed by atoms with E-state index in [1.807, 2.05) is 12.1 Å². The molecule has 22 heavy (non-hydrogen) atoms. The first-order valence-corrected chi connectivity index (χ1v) is 8.03. The molecule has 0 saturated heterocycles. The Morgan fingerprint density at radius 3 is 2.59 bits per heavy atom. The molecule has 0 aliphatic carbocycles. The van der Waals surface area contributed by atoms with E-state index in [1.165, 1.54) is 19.3 Å². The second-order valence-corrected chi connectivity index (χ2v) is 5.99. The molecule has 0 bridgehead atoms. The van der Waals surface area contributed by atoms with Crippen LogP contribution in [0.25, 0.3) is 10.8 Å². The number of carboxylic acid groups (broad SMARTS) is 1. The highest BCUT2D eigenvalue weighted by molar-refractivity contribution is 6.05. The number of unbranched alkanes of at least 4 members (excludes halogenated alkanes) is 3. The average molecular weight is 300 g/mol. The van der Waals surface area contributed by atoms with Gasteiger partial charge in [0.05, 0.1) is 5.56 Å². The summed E-state index contributed by atoms with van der Waals surface area (Å²) in [6.45, 7) is 4.28. The van der Waals surface area contributed by atoms with Crippen molar-refractivity contribution in [3.8, 4) is 5.75 Å². The summed E-state index contributed by atoms with van der Waals surface area (Å²) in [4.78, 5) is 11.7. The van der Waals surface area contributed by atoms with Crippen LogP contribution in [0.1, 0.15) is 67.8 Å². The molecule has 2 rings (SSSR count). The zero-order chi connectivity index (χ0) is 16.1. The fourth-order valence-corrected chi connectivity index (χ4v) is 3.02. The first kappa shape index (κ1) is 16.3. The van der Waals surface area contributed by atoms with Crippen LogP contribution in [0.5, 0.6) is 5.75 Å². The standard InChI is InChI=1S/C19H24O3/c1-3-4-5-6-7-13(2)16-10-8-14-12-15(20)9-11-17(14)18(16)19(21)22/h8-13,20H,3-7H2,1-2H3,(H,21,22). The van der Waals surface area contributed by atoms with Gasteiger partial charge in [0.2, 0.25) is 0 Å². The van der Waals surface area contributed by atoms with Crippen molar-refractivity contribution in [3.63, 3.8) is 0 Å². The van der Waals surface area contributed by atoms with Crippen molar-refractivity contribution in [1.82, 2.24) is 0 Å². The molecule has 0 aliphatic rings. The molecule has 1 unspecified atom stereocenters. The van der Waals surface area contributed by atoms with Crippen molar-refractivity contribution in [3.05, 3.63) is 41.5 Å². The lowest BCUT2D eigenvalue weighted by Crippen LogP contribution is -2.06. The summed E-state index contributed by atoms with van der Waals surface area (Å²) in [6.07, 6.45) is 5.76. The van der Waals surface area contributed by atoms with E-state index in [1.54, 1.807) is 18.2 Å². The van der Waals surface area contributed by atoms with Gasteiger partial charge >= 0.3 is 5.97 Å². The van der Waals surface area contributed by atoms with Gasteiger partial charge in [-0.15, -0.1) is 0 Å². The minimum Gasteiger partial charge on any atom is -0.508 e. The third-order valence-electron chi connectivity index (χ3n) is 4.27. The second-order valence-electron chi connectivity index (χ2n) is 5.99. The highest BCUT2D eigenvalue weighted by atomic mass is 16.4. The second kappa shape index (κ2) is 7.30. The topological polar surface area (TPSA) is 57.5 Å². The average Bonchev–Trinajstić information content (AvgIpc) is 2.49. The first-order chi connectivity index (χ1) is 10.5. The maximum atomic E-state index is 11.7. The lowest BCUT2D eigenvalue weighted by atomic mass is 9.88. The minimum atomic E-state index is -0.897. The van der Waals surface area contributed by atoms with Gasteiger partial charge in [0.25, 0.3) is 0 Å². The predicted octanol–water partition coefficient (Wildman–Crippen LogP) is 5.32. The Balaban J connectivity index is 2.34. The van der Waals surface area contributed by atoms with Gasteiger partial charge in [-0.25, -0.2) is 4.79 Å². The van der Waals surface area contributed by atoms with Crippen molar-refractivity contribution >= 4 is 16.7 Å². The largest absolute Gasteiger partial charge is 0.508 e. The number of hydrogen-bond acceptors (Lipinski definition) is 2. The molecule has 0 heterocycles. The maximum absolute atomic E-state index is 11.7. The smallest absolute Gasteiger partial charge is 0.336 e. The van der Waals surface area contributed by atoms with Crippen molar-refractivity contribution in [2.24, 2.45) is 0 Å². The fraction of sp³-hybridized carbons (Fsp3) is 0.421. The number of rotatable bonds is 7. The van der Waals surface area contributed by atoms with Gasteiger partial charge in [-0.3, -0.25) is 0 Å². The predicted molar refractivity (Wildman–Crippen MR) is 89.7 cm³/mol. The van der Waals surface area contributed by atoms with Gasteiger partial charge in [-0.05, 0) is 46.9 Å². The lowest BCUT2D eigenvalue weighted by molar-refractivity contribution is 0.0697. The van der Waals surface area contributed by atoms with Crippen LogP contribution < -0.4 is 0 Å². The maximum Gasteiger partial charge on any atom is 0.336 e. The summed E-state index contributed by atoms with van der Waals surface area (Å²) in [6, 6.07) is 8.65. The van der Waals surface area contributed by atoms with Crippen LogP contribution in [0, 0.1) is 0 Å². The Morgan fingerprint density at radius 2 is 1.91 bits per heavy atom. The number of aromatic hydroxyl groups is 1. The Kier molecular flexibility index (Phi) is 5.42. The van der Waals surface area contributed by atoms with E-state index in [0.29, 0.717) is 10.9 Å². The molecule has 2 N–H and O–H groups in total. The van der Waals surface area contributed by atoms with Crippen LogP contribution in [0.3, 0.4) is 0 Å². The van der Waals surface area contributed by atoms with Crippen LogP contribution >= 0.6 is 0 Å². The Bertz CT molecular complexity index is 661. The number of hydrogen-bond donors (Lipinski definition) is 2. The molecule has 0 saturated carbocycles. The number of phenolic OH excluding ortho intramolecular Hbond substituents is 1. The number of fused-ring (bicyclic) bond motifs is 1. The fourth-order valence-electron chi connectivity index (χ4n) is 3.02. The number of carboxylic acids is 1. The van der Waals surface area contributed by atoms with Crippen LogP contribution in [0.4, 0.5) is 0 Å². The van der Waals surface area contributed by atoms with Crippen LogP contribution in [-0.4, -0.2) is 16.2 Å². The zero-order valence-corrected chi connectivity index (χ0v) is 13.3. The molecule has 2 aromatic carbocycles. The third kappa shape index (κ3) is 3.59. The molecule has 3 nitrogen and oxygen atoms in total. The summed E-state index contributed by atoms with van der Waals surface area (Å²) in [7, 11) is 0. The van der Waals surface area contributed by atoms with Gasteiger partial charge < -0.3 is 10.2 Å². The van der Waals surface area contributed by atoms with E-state index in [9.17, 15) is 15.0 Å². The molecular weight excluding hydrogens is 276 g/mol. The van der Waals surface area contributed by atoms with Crippen molar-refractivity contribution < 1.29 is 15.0 Å². The molecule has 0 aliphatic heterocycles. The van der Waals surface area contributed by atoms with Crippen molar-refractivity contribution in [2.75, 3.05) is 0 Å². The molecule has 0 spiro atoms. The van der Waals surface area contributed by atoms with Gasteiger partial charge in [-0.2, -0.15) is 0 Å². The third-order valence-corrected chi connectivity index (χ3v) is 4.27. The number of phenols is 1. The molecule has 118 valence electrons. The quantitative estimate of drug-likeness (QED) is 0.680. The summed E-state index contributed by atoms with van der Waals surface area (Å²) >= 11 is 0. The molecule has 0 aromatic heterocycles. The summed E-state index contributed by atoms with van der Waals surface area (Å²) in [5.74, 6) is -0.517. The van der Waals surface area contributed by atoms with E-state index >= 15 is 0 Å². The van der Waals surface area contributed by atoms with Crippen LogP contribution in [-0.2, 0) is 0 Å². The molecule has 1 atom stereocenters. The highest BCUT2D eigenvalue weighted by Crippen LogP contribution is 2.32. The summed E-state index contributed by atoms with van der Waals surface area (Å²) < 4.78 is 0. The number of carbonyl (C=O) groups is 1. The first-order valence-electron chi connectivity index (χ1n) is 8.03. The number of aromatic carboxylic acids is 1. The Labute approximate surface area is 131 Å². The van der Waals surface area contributed by atoms with E-state index < -0.39 is 5.97 Å². The van der Waals surface area contributed by atoms with Gasteiger partial charge in [0.15, 0.2) is 0 Å². The Morgan fingerprint density at radius 1 is 1.14 bits per heavy atom. The lowest BCUT2D eigenvalue weighted by Gasteiger charge is -2.16. The van der Waals surface area contributed by atoms with Crippen molar-refractivity contribution in [1.29, 1.82) is 0 Å². The summed E-state index contributed by atoms with van der Waals surface area (Å²) in [5.41, 5.74) is 1.27. The molecular formula is C19H24O3. The zero-order valence-electron chi connectivity index (χ0n) is 13.3. The van der Waals surface area contributed by atoms with Gasteiger partial charge in [0.1, 0.15) is 5.75 Å². The van der Waals surface area contributed by atoms with Crippen LogP contribution in [0.2, 0.25) is 0 Å². The van der Waals surface area contributed by atoms with Crippen LogP contribution in [0.15, 0.2) is 30.3 Å².